The van der Waals surface area contributed by atoms with Crippen LogP contribution in [0.5, 0.6) is 0 Å². The van der Waals surface area contributed by atoms with Gasteiger partial charge in [-0.1, -0.05) is 5.16 Å². The lowest BCUT2D eigenvalue weighted by atomic mass is 9.97. The maximum Gasteiger partial charge on any atom is 0.375 e. The largest absolute Gasteiger partial charge is 0.475 e. The van der Waals surface area contributed by atoms with Crippen molar-refractivity contribution in [3.63, 3.8) is 0 Å². The summed E-state index contributed by atoms with van der Waals surface area (Å²) in [7, 11) is 0. The molecule has 1 N–H and O–H groups in total. The van der Waals surface area contributed by atoms with E-state index in [0.29, 0.717) is 24.5 Å². The molecule has 0 saturated carbocycles. The highest BCUT2D eigenvalue weighted by molar-refractivity contribution is 5.86. The van der Waals surface area contributed by atoms with Crippen LogP contribution < -0.4 is 0 Å². The van der Waals surface area contributed by atoms with Crippen LogP contribution in [-0.2, 0) is 4.74 Å². The monoisotopic (exact) mass is 197 g/mol. The molecule has 5 heteroatoms. The van der Waals surface area contributed by atoms with Crippen LogP contribution in [0, 0.1) is 6.92 Å². The SMILES string of the molecule is Cc1noc(C(=O)O)c1C1CCOC1. The minimum absolute atomic E-state index is 0.0435. The topological polar surface area (TPSA) is 72.6 Å². The van der Waals surface area contributed by atoms with Crippen LogP contribution in [0.15, 0.2) is 4.52 Å². The van der Waals surface area contributed by atoms with Crippen LogP contribution in [0.3, 0.4) is 0 Å². The first-order chi connectivity index (χ1) is 6.70. The zero-order valence-corrected chi connectivity index (χ0v) is 7.82. The lowest BCUT2D eigenvalue weighted by Gasteiger charge is -2.05. The lowest BCUT2D eigenvalue weighted by molar-refractivity contribution is 0.0649. The van der Waals surface area contributed by atoms with Crippen LogP contribution in [0.1, 0.15) is 34.2 Å². The van der Waals surface area contributed by atoms with Gasteiger partial charge in [0.25, 0.3) is 0 Å². The summed E-state index contributed by atoms with van der Waals surface area (Å²) in [6.07, 6.45) is 0.836. The number of rotatable bonds is 2. The van der Waals surface area contributed by atoms with E-state index in [1.165, 1.54) is 0 Å². The maximum absolute atomic E-state index is 10.8. The number of aromatic carboxylic acids is 1. The highest BCUT2D eigenvalue weighted by atomic mass is 16.5. The Morgan fingerprint density at radius 1 is 1.64 bits per heavy atom. The Hall–Kier alpha value is -1.36. The van der Waals surface area contributed by atoms with E-state index in [4.69, 9.17) is 14.4 Å². The zero-order chi connectivity index (χ0) is 10.1. The Morgan fingerprint density at radius 2 is 2.43 bits per heavy atom. The second-order valence-corrected chi connectivity index (χ2v) is 3.38. The highest BCUT2D eigenvalue weighted by Gasteiger charge is 2.29. The Bertz CT molecular complexity index is 352. The summed E-state index contributed by atoms with van der Waals surface area (Å²) < 4.78 is 9.97. The van der Waals surface area contributed by atoms with Crippen molar-refractivity contribution in [3.05, 3.63) is 17.0 Å². The molecule has 0 aliphatic carbocycles. The molecule has 0 radical (unpaired) electrons. The van der Waals surface area contributed by atoms with Gasteiger partial charge in [0.2, 0.25) is 5.76 Å². The number of carboxylic acids is 1. The molecule has 0 spiro atoms. The number of aromatic nitrogens is 1. The summed E-state index contributed by atoms with van der Waals surface area (Å²) in [5.41, 5.74) is 1.34. The number of hydrogen-bond donors (Lipinski definition) is 1. The summed E-state index contributed by atoms with van der Waals surface area (Å²) in [5, 5.41) is 12.5. The van der Waals surface area contributed by atoms with Gasteiger partial charge in [-0.2, -0.15) is 0 Å². The number of carboxylic acid groups (broad SMARTS) is 1. The van der Waals surface area contributed by atoms with Crippen molar-refractivity contribution in [1.82, 2.24) is 5.16 Å². The molecule has 5 nitrogen and oxygen atoms in total. The van der Waals surface area contributed by atoms with Gasteiger partial charge in [-0.15, -0.1) is 0 Å². The summed E-state index contributed by atoms with van der Waals surface area (Å²) in [6.45, 7) is 2.99. The molecule has 1 atom stereocenters. The van der Waals surface area contributed by atoms with Crippen molar-refractivity contribution in [2.24, 2.45) is 0 Å². The fourth-order valence-corrected chi connectivity index (χ4v) is 1.77. The zero-order valence-electron chi connectivity index (χ0n) is 7.82. The predicted molar refractivity (Wildman–Crippen MR) is 46.4 cm³/mol. The van der Waals surface area contributed by atoms with E-state index in [2.05, 4.69) is 5.16 Å². The van der Waals surface area contributed by atoms with Crippen molar-refractivity contribution in [1.29, 1.82) is 0 Å². The van der Waals surface area contributed by atoms with E-state index < -0.39 is 5.97 Å². The number of nitrogens with zero attached hydrogens (tertiary/aromatic N) is 1. The van der Waals surface area contributed by atoms with Crippen molar-refractivity contribution >= 4 is 5.97 Å². The van der Waals surface area contributed by atoms with E-state index in [1.807, 2.05) is 0 Å². The molecule has 1 aromatic heterocycles. The second kappa shape index (κ2) is 3.42. The van der Waals surface area contributed by atoms with Gasteiger partial charge in [0.1, 0.15) is 0 Å². The van der Waals surface area contributed by atoms with Crippen molar-refractivity contribution in [3.8, 4) is 0 Å². The average molecular weight is 197 g/mol. The van der Waals surface area contributed by atoms with Gasteiger partial charge in [0.05, 0.1) is 12.3 Å². The fraction of sp³-hybridized carbons (Fsp3) is 0.556. The van der Waals surface area contributed by atoms with Crippen LogP contribution in [0.4, 0.5) is 0 Å². The molecule has 1 aromatic rings. The minimum atomic E-state index is -1.06. The molecule has 1 aliphatic rings. The lowest BCUT2D eigenvalue weighted by Crippen LogP contribution is -2.06. The Morgan fingerprint density at radius 3 is 3.00 bits per heavy atom. The van der Waals surface area contributed by atoms with Crippen molar-refractivity contribution in [2.45, 2.75) is 19.3 Å². The quantitative estimate of drug-likeness (QED) is 0.770. The molecule has 14 heavy (non-hydrogen) atoms. The first-order valence-electron chi connectivity index (χ1n) is 4.47. The van der Waals surface area contributed by atoms with E-state index in [-0.39, 0.29) is 11.7 Å². The number of ether oxygens (including phenoxy) is 1. The van der Waals surface area contributed by atoms with Gasteiger partial charge in [-0.25, -0.2) is 4.79 Å². The molecule has 0 aromatic carbocycles. The van der Waals surface area contributed by atoms with Gasteiger partial charge >= 0.3 is 5.97 Å². The standard InChI is InChI=1S/C9H11NO4/c1-5-7(6-2-3-13-4-6)8(9(11)12)14-10-5/h6H,2-4H2,1H3,(H,11,12). The third-order valence-corrected chi connectivity index (χ3v) is 2.44. The summed E-state index contributed by atoms with van der Waals surface area (Å²) in [4.78, 5) is 10.8. The molecular formula is C9H11NO4. The number of aryl methyl sites for hydroxylation is 1. The van der Waals surface area contributed by atoms with E-state index >= 15 is 0 Å². The van der Waals surface area contributed by atoms with Crippen LogP contribution in [0.25, 0.3) is 0 Å². The molecule has 76 valence electrons. The van der Waals surface area contributed by atoms with E-state index in [0.717, 1.165) is 6.42 Å². The Balaban J connectivity index is 2.38. The molecular weight excluding hydrogens is 186 g/mol. The number of hydrogen-bond acceptors (Lipinski definition) is 4. The summed E-state index contributed by atoms with van der Waals surface area (Å²) in [6, 6.07) is 0. The fourth-order valence-electron chi connectivity index (χ4n) is 1.77. The first-order valence-corrected chi connectivity index (χ1v) is 4.47. The van der Waals surface area contributed by atoms with E-state index in [1.54, 1.807) is 6.92 Å². The minimum Gasteiger partial charge on any atom is -0.475 e. The normalized spacial score (nSPS) is 21.4. The van der Waals surface area contributed by atoms with Gasteiger partial charge in [0, 0.05) is 18.1 Å². The van der Waals surface area contributed by atoms with Crippen LogP contribution in [0.2, 0.25) is 0 Å². The Labute approximate surface area is 80.6 Å². The molecule has 2 heterocycles. The average Bonchev–Trinajstić information content (AvgIpc) is 2.71. The molecule has 1 fully saturated rings. The molecule has 1 saturated heterocycles. The van der Waals surface area contributed by atoms with Crippen molar-refractivity contribution in [2.75, 3.05) is 13.2 Å². The predicted octanol–water partition coefficient (Wildman–Crippen LogP) is 1.19. The number of carbonyl (C=O) groups is 1. The Kier molecular flexibility index (Phi) is 2.25. The first kappa shape index (κ1) is 9.21. The molecule has 2 rings (SSSR count). The smallest absolute Gasteiger partial charge is 0.375 e. The molecule has 1 unspecified atom stereocenters. The molecule has 0 bridgehead atoms. The third kappa shape index (κ3) is 1.39. The summed E-state index contributed by atoms with van der Waals surface area (Å²) in [5.74, 6) is -0.988. The van der Waals surface area contributed by atoms with Gasteiger partial charge in [-0.05, 0) is 13.3 Å². The molecule has 1 aliphatic heterocycles. The third-order valence-electron chi connectivity index (χ3n) is 2.44. The van der Waals surface area contributed by atoms with Crippen LogP contribution >= 0.6 is 0 Å². The maximum atomic E-state index is 10.8. The highest BCUT2D eigenvalue weighted by Crippen LogP contribution is 2.30. The molecule has 0 amide bonds. The van der Waals surface area contributed by atoms with Gasteiger partial charge in [-0.3, -0.25) is 0 Å². The van der Waals surface area contributed by atoms with Crippen molar-refractivity contribution < 1.29 is 19.2 Å². The van der Waals surface area contributed by atoms with Gasteiger partial charge < -0.3 is 14.4 Å². The van der Waals surface area contributed by atoms with Crippen LogP contribution in [-0.4, -0.2) is 29.4 Å². The summed E-state index contributed by atoms with van der Waals surface area (Å²) >= 11 is 0. The van der Waals surface area contributed by atoms with E-state index in [9.17, 15) is 4.79 Å². The second-order valence-electron chi connectivity index (χ2n) is 3.38. The van der Waals surface area contributed by atoms with Gasteiger partial charge in [0.15, 0.2) is 0 Å².